The van der Waals surface area contributed by atoms with E-state index < -0.39 is 0 Å². The van der Waals surface area contributed by atoms with Gasteiger partial charge >= 0.3 is 0 Å². The van der Waals surface area contributed by atoms with Gasteiger partial charge in [0.2, 0.25) is 5.91 Å². The monoisotopic (exact) mass is 532 g/mol. The molecule has 1 N–H and O–H groups in total. The molecule has 1 aromatic heterocycles. The number of carbonyl (C=O) groups is 1. The van der Waals surface area contributed by atoms with Gasteiger partial charge in [-0.05, 0) is 54.6 Å². The maximum atomic E-state index is 12.5. The largest absolute Gasteiger partial charge is 0.324 e. The Kier molecular flexibility index (Phi) is 6.97. The number of hydrogen-bond acceptors (Lipinski definition) is 4. The van der Waals surface area contributed by atoms with E-state index in [0.29, 0.717) is 26.7 Å². The van der Waals surface area contributed by atoms with E-state index in [1.807, 2.05) is 65.2 Å². The minimum atomic E-state index is -0.190. The summed E-state index contributed by atoms with van der Waals surface area (Å²) < 4.78 is 2.77. The molecule has 0 saturated carbocycles. The molecule has 3 aromatic carbocycles. The topological polar surface area (TPSA) is 59.8 Å². The van der Waals surface area contributed by atoms with Crippen molar-refractivity contribution in [2.45, 2.75) is 5.16 Å². The molecule has 0 saturated heterocycles. The van der Waals surface area contributed by atoms with Gasteiger partial charge in [0.05, 0.1) is 16.5 Å². The zero-order valence-corrected chi connectivity index (χ0v) is 19.8. The molecule has 31 heavy (non-hydrogen) atoms. The van der Waals surface area contributed by atoms with Gasteiger partial charge in [-0.3, -0.25) is 9.36 Å². The van der Waals surface area contributed by atoms with E-state index in [1.54, 1.807) is 12.1 Å². The highest BCUT2D eigenvalue weighted by Crippen LogP contribution is 2.29. The third-order valence-electron chi connectivity index (χ3n) is 4.29. The number of rotatable bonds is 6. The minimum Gasteiger partial charge on any atom is -0.324 e. The fraction of sp³-hybridized carbons (Fsp3) is 0.0455. The third kappa shape index (κ3) is 5.30. The number of halogens is 3. The second-order valence-corrected chi connectivity index (χ2v) is 9.15. The van der Waals surface area contributed by atoms with Crippen LogP contribution < -0.4 is 5.32 Å². The van der Waals surface area contributed by atoms with Crippen LogP contribution in [0.3, 0.4) is 0 Å². The smallest absolute Gasteiger partial charge is 0.234 e. The number of thioether (sulfide) groups is 1. The Balaban J connectivity index is 1.58. The summed E-state index contributed by atoms with van der Waals surface area (Å²) in [6, 6.07) is 22.5. The normalized spacial score (nSPS) is 10.8. The van der Waals surface area contributed by atoms with E-state index >= 15 is 0 Å². The van der Waals surface area contributed by atoms with Crippen LogP contribution in [0.5, 0.6) is 0 Å². The van der Waals surface area contributed by atoms with Gasteiger partial charge in [-0.1, -0.05) is 69.1 Å². The number of para-hydroxylation sites is 1. The predicted octanol–water partition coefficient (Wildman–Crippen LogP) is 6.73. The van der Waals surface area contributed by atoms with Crippen LogP contribution in [-0.4, -0.2) is 26.4 Å². The van der Waals surface area contributed by atoms with E-state index in [1.165, 1.54) is 11.8 Å². The van der Waals surface area contributed by atoms with Crippen LogP contribution in [0.2, 0.25) is 10.0 Å². The summed E-state index contributed by atoms with van der Waals surface area (Å²) in [7, 11) is 0. The first-order chi connectivity index (χ1) is 15.0. The van der Waals surface area contributed by atoms with Crippen LogP contribution in [0.25, 0.3) is 17.1 Å². The number of hydrogen-bond donors (Lipinski definition) is 1. The van der Waals surface area contributed by atoms with Gasteiger partial charge in [0.1, 0.15) is 0 Å². The van der Waals surface area contributed by atoms with Crippen molar-refractivity contribution in [1.29, 1.82) is 0 Å². The summed E-state index contributed by atoms with van der Waals surface area (Å²) in [5.41, 5.74) is 2.33. The average molecular weight is 534 g/mol. The molecule has 9 heteroatoms. The Hall–Kier alpha value is -2.32. The number of nitrogens with zero attached hydrogens (tertiary/aromatic N) is 3. The van der Waals surface area contributed by atoms with Crippen molar-refractivity contribution in [3.63, 3.8) is 0 Å². The average Bonchev–Trinajstić information content (AvgIpc) is 3.19. The number of benzene rings is 3. The molecular formula is C22H15BrCl2N4OS. The second kappa shape index (κ2) is 9.87. The maximum absolute atomic E-state index is 12.5. The van der Waals surface area contributed by atoms with Crippen molar-refractivity contribution in [2.24, 2.45) is 0 Å². The molecule has 4 rings (SSSR count). The van der Waals surface area contributed by atoms with Crippen molar-refractivity contribution in [3.05, 3.63) is 87.3 Å². The van der Waals surface area contributed by atoms with Gasteiger partial charge in [0.25, 0.3) is 0 Å². The highest BCUT2D eigenvalue weighted by atomic mass is 79.9. The Morgan fingerprint density at radius 1 is 1.00 bits per heavy atom. The number of nitrogens with one attached hydrogen (secondary N) is 1. The van der Waals surface area contributed by atoms with E-state index in [4.69, 9.17) is 23.2 Å². The summed E-state index contributed by atoms with van der Waals surface area (Å²) in [5, 5.41) is 13.2. The molecule has 0 atom stereocenters. The molecule has 0 radical (unpaired) electrons. The quantitative estimate of drug-likeness (QED) is 0.279. The lowest BCUT2D eigenvalue weighted by Gasteiger charge is -2.11. The van der Waals surface area contributed by atoms with E-state index in [-0.39, 0.29) is 11.7 Å². The third-order valence-corrected chi connectivity index (χ3v) is 6.27. The summed E-state index contributed by atoms with van der Waals surface area (Å²) in [5.74, 6) is 0.629. The molecule has 0 fully saturated rings. The van der Waals surface area contributed by atoms with Gasteiger partial charge in [-0.2, -0.15) is 0 Å². The number of carbonyl (C=O) groups excluding carboxylic acids is 1. The van der Waals surface area contributed by atoms with E-state index in [2.05, 4.69) is 31.4 Å². The fourth-order valence-corrected chi connectivity index (χ4v) is 4.46. The van der Waals surface area contributed by atoms with Gasteiger partial charge in [-0.15, -0.1) is 10.2 Å². The van der Waals surface area contributed by atoms with Crippen molar-refractivity contribution in [2.75, 3.05) is 11.1 Å². The van der Waals surface area contributed by atoms with Crippen LogP contribution in [-0.2, 0) is 4.79 Å². The highest BCUT2D eigenvalue weighted by Gasteiger charge is 2.17. The second-order valence-electron chi connectivity index (χ2n) is 6.45. The fourth-order valence-electron chi connectivity index (χ4n) is 2.87. The summed E-state index contributed by atoms with van der Waals surface area (Å²) >= 11 is 16.9. The van der Waals surface area contributed by atoms with E-state index in [9.17, 15) is 4.79 Å². The van der Waals surface area contributed by atoms with Gasteiger partial charge in [-0.25, -0.2) is 0 Å². The van der Waals surface area contributed by atoms with Crippen LogP contribution in [0.4, 0.5) is 5.69 Å². The highest BCUT2D eigenvalue weighted by molar-refractivity contribution is 9.10. The molecule has 0 aliphatic heterocycles. The lowest BCUT2D eigenvalue weighted by atomic mass is 10.2. The Morgan fingerprint density at radius 3 is 2.45 bits per heavy atom. The first-order valence-electron chi connectivity index (χ1n) is 9.16. The molecule has 1 amide bonds. The van der Waals surface area contributed by atoms with Crippen molar-refractivity contribution >= 4 is 62.5 Å². The Labute approximate surface area is 201 Å². The van der Waals surface area contributed by atoms with Gasteiger partial charge in [0, 0.05) is 20.7 Å². The van der Waals surface area contributed by atoms with Gasteiger partial charge in [0.15, 0.2) is 11.0 Å². The van der Waals surface area contributed by atoms with Crippen molar-refractivity contribution in [3.8, 4) is 17.1 Å². The summed E-state index contributed by atoms with van der Waals surface area (Å²) in [6.45, 7) is 0. The van der Waals surface area contributed by atoms with Crippen molar-refractivity contribution < 1.29 is 4.79 Å². The molecule has 1 heterocycles. The number of amides is 1. The molecule has 5 nitrogen and oxygen atoms in total. The lowest BCUT2D eigenvalue weighted by Crippen LogP contribution is -2.15. The first kappa shape index (κ1) is 21.9. The Bertz CT molecular complexity index is 1220. The molecule has 156 valence electrons. The number of anilines is 1. The minimum absolute atomic E-state index is 0.151. The zero-order valence-electron chi connectivity index (χ0n) is 15.9. The van der Waals surface area contributed by atoms with E-state index in [0.717, 1.165) is 15.7 Å². The molecular weight excluding hydrogens is 519 g/mol. The standard InChI is InChI=1S/C22H15BrCl2N4OS/c23-15-8-11-19(18(25)12-15)26-20(30)13-31-22-28-27-21(14-6-9-16(24)10-7-14)29(22)17-4-2-1-3-5-17/h1-12H,13H2,(H,26,30). The summed E-state index contributed by atoms with van der Waals surface area (Å²) in [4.78, 5) is 12.5. The van der Waals surface area contributed by atoms with Gasteiger partial charge < -0.3 is 5.32 Å². The van der Waals surface area contributed by atoms with Crippen molar-refractivity contribution in [1.82, 2.24) is 14.8 Å². The zero-order chi connectivity index (χ0) is 21.8. The lowest BCUT2D eigenvalue weighted by molar-refractivity contribution is -0.113. The molecule has 4 aromatic rings. The van der Waals surface area contributed by atoms with Crippen LogP contribution in [0.1, 0.15) is 0 Å². The molecule has 0 spiro atoms. The summed E-state index contributed by atoms with van der Waals surface area (Å²) in [6.07, 6.45) is 0. The Morgan fingerprint density at radius 2 is 1.74 bits per heavy atom. The van der Waals surface area contributed by atoms with Crippen LogP contribution in [0.15, 0.2) is 82.4 Å². The van der Waals surface area contributed by atoms with Crippen LogP contribution >= 0.6 is 50.9 Å². The molecule has 0 bridgehead atoms. The number of aromatic nitrogens is 3. The first-order valence-corrected chi connectivity index (χ1v) is 11.7. The van der Waals surface area contributed by atoms with Crippen LogP contribution in [0, 0.1) is 0 Å². The molecule has 0 unspecified atom stereocenters. The predicted molar refractivity (Wildman–Crippen MR) is 130 cm³/mol. The maximum Gasteiger partial charge on any atom is 0.234 e. The SMILES string of the molecule is O=C(CSc1nnc(-c2ccc(Cl)cc2)n1-c1ccccc1)Nc1ccc(Br)cc1Cl. The molecule has 0 aliphatic carbocycles. The molecule has 0 aliphatic rings.